The molecule has 0 aliphatic carbocycles. The lowest BCUT2D eigenvalue weighted by molar-refractivity contribution is 0.193. The van der Waals surface area contributed by atoms with E-state index in [2.05, 4.69) is 20.9 Å². The average molecular weight is 349 g/mol. The lowest BCUT2D eigenvalue weighted by Gasteiger charge is -2.32. The molecule has 0 saturated carbocycles. The molecule has 1 aromatic heterocycles. The van der Waals surface area contributed by atoms with Gasteiger partial charge in [0.25, 0.3) is 0 Å². The molecule has 1 aromatic rings. The van der Waals surface area contributed by atoms with Gasteiger partial charge in [-0.2, -0.15) is 0 Å². The summed E-state index contributed by atoms with van der Waals surface area (Å²) in [6.07, 6.45) is 3.41. The highest BCUT2D eigenvalue weighted by atomic mass is 35.5. The molecule has 5 nitrogen and oxygen atoms in total. The van der Waals surface area contributed by atoms with Crippen LogP contribution in [0, 0.1) is 12.8 Å². The molecule has 3 rings (SSSR count). The third-order valence-electron chi connectivity index (χ3n) is 4.46. The smallest absolute Gasteiger partial charge is 0.132 e. The highest BCUT2D eigenvalue weighted by molar-refractivity contribution is 5.85. The topological polar surface area (TPSA) is 64.3 Å². The standard InChI is InChI=1S/C15H24N4O.2ClH/c1-11-17-14(13-4-7-20-10-13)8-15(18-11)19-5-2-12(9-16)3-6-19;;/h8,12-13H,2-7,9-10,16H2,1H3;2*1H. The number of rotatable bonds is 3. The Hall–Kier alpha value is -0.620. The van der Waals surface area contributed by atoms with Crippen molar-refractivity contribution in [3.05, 3.63) is 17.6 Å². The second kappa shape index (κ2) is 8.87. The first-order valence-electron chi connectivity index (χ1n) is 7.64. The Morgan fingerprint density at radius 2 is 1.95 bits per heavy atom. The van der Waals surface area contributed by atoms with E-state index in [1.807, 2.05) is 6.92 Å². The van der Waals surface area contributed by atoms with Gasteiger partial charge in [0.2, 0.25) is 0 Å². The molecule has 126 valence electrons. The molecule has 2 aliphatic heterocycles. The first-order valence-corrected chi connectivity index (χ1v) is 7.64. The molecular formula is C15H26Cl2N4O. The van der Waals surface area contributed by atoms with E-state index in [1.54, 1.807) is 0 Å². The molecule has 0 aromatic carbocycles. The maximum Gasteiger partial charge on any atom is 0.132 e. The van der Waals surface area contributed by atoms with Crippen molar-refractivity contribution in [3.8, 4) is 0 Å². The molecule has 0 bridgehead atoms. The molecular weight excluding hydrogens is 323 g/mol. The number of aryl methyl sites for hydroxylation is 1. The van der Waals surface area contributed by atoms with Gasteiger partial charge in [0, 0.05) is 31.7 Å². The molecule has 2 fully saturated rings. The van der Waals surface area contributed by atoms with Crippen molar-refractivity contribution in [1.29, 1.82) is 0 Å². The van der Waals surface area contributed by atoms with Crippen LogP contribution in [0.15, 0.2) is 6.07 Å². The zero-order chi connectivity index (χ0) is 13.9. The van der Waals surface area contributed by atoms with E-state index in [-0.39, 0.29) is 24.8 Å². The van der Waals surface area contributed by atoms with Crippen LogP contribution in [0.3, 0.4) is 0 Å². The van der Waals surface area contributed by atoms with Crippen molar-refractivity contribution in [2.75, 3.05) is 37.7 Å². The van der Waals surface area contributed by atoms with Crippen LogP contribution in [0.25, 0.3) is 0 Å². The predicted octanol–water partition coefficient (Wildman–Crippen LogP) is 2.31. The quantitative estimate of drug-likeness (QED) is 0.907. The number of halogens is 2. The van der Waals surface area contributed by atoms with Gasteiger partial charge >= 0.3 is 0 Å². The molecule has 0 spiro atoms. The van der Waals surface area contributed by atoms with Crippen LogP contribution in [-0.4, -0.2) is 42.8 Å². The first-order chi connectivity index (χ1) is 9.76. The Kier molecular flexibility index (Phi) is 7.83. The fraction of sp³-hybridized carbons (Fsp3) is 0.733. The Bertz CT molecular complexity index is 461. The number of anilines is 1. The summed E-state index contributed by atoms with van der Waals surface area (Å²) in [6, 6.07) is 2.16. The summed E-state index contributed by atoms with van der Waals surface area (Å²) in [5.74, 6) is 3.06. The van der Waals surface area contributed by atoms with Crippen LogP contribution in [0.4, 0.5) is 5.82 Å². The van der Waals surface area contributed by atoms with Crippen LogP contribution >= 0.6 is 24.8 Å². The molecule has 2 aliphatic rings. The van der Waals surface area contributed by atoms with E-state index in [0.29, 0.717) is 11.8 Å². The highest BCUT2D eigenvalue weighted by Gasteiger charge is 2.23. The van der Waals surface area contributed by atoms with Crippen molar-refractivity contribution >= 4 is 30.6 Å². The van der Waals surface area contributed by atoms with Crippen LogP contribution in [0.2, 0.25) is 0 Å². The molecule has 22 heavy (non-hydrogen) atoms. The summed E-state index contributed by atoms with van der Waals surface area (Å²) in [7, 11) is 0. The number of hydrogen-bond donors (Lipinski definition) is 1. The minimum atomic E-state index is 0. The fourth-order valence-electron chi connectivity index (χ4n) is 3.11. The Balaban J connectivity index is 0.00000121. The third-order valence-corrected chi connectivity index (χ3v) is 4.46. The van der Waals surface area contributed by atoms with Crippen molar-refractivity contribution in [3.63, 3.8) is 0 Å². The maximum atomic E-state index is 5.76. The van der Waals surface area contributed by atoms with Gasteiger partial charge in [0.15, 0.2) is 0 Å². The number of nitrogens with zero attached hydrogens (tertiary/aromatic N) is 3. The number of aromatic nitrogens is 2. The van der Waals surface area contributed by atoms with Gasteiger partial charge in [-0.15, -0.1) is 24.8 Å². The summed E-state index contributed by atoms with van der Waals surface area (Å²) in [4.78, 5) is 11.6. The first kappa shape index (κ1) is 19.4. The van der Waals surface area contributed by atoms with Gasteiger partial charge in [-0.05, 0) is 38.6 Å². The number of hydrogen-bond acceptors (Lipinski definition) is 5. The molecule has 0 amide bonds. The summed E-state index contributed by atoms with van der Waals surface area (Å²) >= 11 is 0. The fourth-order valence-corrected chi connectivity index (χ4v) is 3.11. The second-order valence-corrected chi connectivity index (χ2v) is 5.92. The monoisotopic (exact) mass is 348 g/mol. The van der Waals surface area contributed by atoms with Crippen LogP contribution in [0.1, 0.15) is 36.7 Å². The Morgan fingerprint density at radius 3 is 2.55 bits per heavy atom. The van der Waals surface area contributed by atoms with E-state index in [1.165, 1.54) is 12.8 Å². The van der Waals surface area contributed by atoms with Crippen molar-refractivity contribution in [2.24, 2.45) is 11.7 Å². The lowest BCUT2D eigenvalue weighted by atomic mass is 9.97. The van der Waals surface area contributed by atoms with E-state index in [4.69, 9.17) is 10.5 Å². The summed E-state index contributed by atoms with van der Waals surface area (Å²) in [5, 5.41) is 0. The second-order valence-electron chi connectivity index (χ2n) is 5.92. The Morgan fingerprint density at radius 1 is 1.23 bits per heavy atom. The maximum absolute atomic E-state index is 5.76. The summed E-state index contributed by atoms with van der Waals surface area (Å²) in [5.41, 5.74) is 6.90. The number of nitrogens with two attached hydrogens (primary N) is 1. The third kappa shape index (κ3) is 4.44. The van der Waals surface area contributed by atoms with Gasteiger partial charge in [0.05, 0.1) is 12.3 Å². The van der Waals surface area contributed by atoms with Gasteiger partial charge < -0.3 is 15.4 Å². The van der Waals surface area contributed by atoms with E-state index < -0.39 is 0 Å². The average Bonchev–Trinajstić information content (AvgIpc) is 3.01. The van der Waals surface area contributed by atoms with E-state index in [0.717, 1.165) is 56.6 Å². The van der Waals surface area contributed by atoms with Gasteiger partial charge in [-0.1, -0.05) is 0 Å². The normalized spacial score (nSPS) is 22.1. The molecule has 1 unspecified atom stereocenters. The summed E-state index contributed by atoms with van der Waals surface area (Å²) in [6.45, 7) is 6.55. The number of ether oxygens (including phenoxy) is 1. The predicted molar refractivity (Wildman–Crippen MR) is 93.4 cm³/mol. The molecule has 7 heteroatoms. The zero-order valence-corrected chi connectivity index (χ0v) is 14.7. The lowest BCUT2D eigenvalue weighted by Crippen LogP contribution is -2.36. The van der Waals surface area contributed by atoms with Gasteiger partial charge in [-0.3, -0.25) is 0 Å². The highest BCUT2D eigenvalue weighted by Crippen LogP contribution is 2.27. The largest absolute Gasteiger partial charge is 0.381 e. The minimum Gasteiger partial charge on any atom is -0.381 e. The van der Waals surface area contributed by atoms with Crippen LogP contribution in [-0.2, 0) is 4.74 Å². The molecule has 3 heterocycles. The SMILES string of the molecule is Cc1nc(C2CCOC2)cc(N2CCC(CN)CC2)n1.Cl.Cl. The number of piperidine rings is 1. The molecule has 2 saturated heterocycles. The van der Waals surface area contributed by atoms with Gasteiger partial charge in [-0.25, -0.2) is 9.97 Å². The zero-order valence-electron chi connectivity index (χ0n) is 13.0. The van der Waals surface area contributed by atoms with Crippen molar-refractivity contribution in [2.45, 2.75) is 32.1 Å². The van der Waals surface area contributed by atoms with E-state index in [9.17, 15) is 0 Å². The Labute approximate surface area is 144 Å². The van der Waals surface area contributed by atoms with Crippen molar-refractivity contribution < 1.29 is 4.74 Å². The minimum absolute atomic E-state index is 0. The molecule has 1 atom stereocenters. The van der Waals surface area contributed by atoms with Crippen molar-refractivity contribution in [1.82, 2.24) is 9.97 Å². The van der Waals surface area contributed by atoms with Crippen LogP contribution in [0.5, 0.6) is 0 Å². The van der Waals surface area contributed by atoms with E-state index >= 15 is 0 Å². The molecule has 2 N–H and O–H groups in total. The van der Waals surface area contributed by atoms with Gasteiger partial charge in [0.1, 0.15) is 11.6 Å². The van der Waals surface area contributed by atoms with Crippen LogP contribution < -0.4 is 10.6 Å². The molecule has 0 radical (unpaired) electrons. The summed E-state index contributed by atoms with van der Waals surface area (Å²) < 4.78 is 5.48.